The van der Waals surface area contributed by atoms with Crippen LogP contribution in [0.3, 0.4) is 0 Å². The molecule has 9 heteroatoms. The van der Waals surface area contributed by atoms with Gasteiger partial charge in [-0.25, -0.2) is 8.42 Å². The van der Waals surface area contributed by atoms with E-state index in [2.05, 4.69) is 22.0 Å². The van der Waals surface area contributed by atoms with Crippen molar-refractivity contribution in [3.63, 3.8) is 0 Å². The molecule has 0 spiro atoms. The number of carboxylic acids is 1. The normalized spacial score (nSPS) is 13.0. The summed E-state index contributed by atoms with van der Waals surface area (Å²) in [6.45, 7) is 3.96. The molecule has 0 saturated carbocycles. The smallest absolute Gasteiger partial charge is 0.322 e. The van der Waals surface area contributed by atoms with Crippen LogP contribution in [-0.2, 0) is 21.4 Å². The Morgan fingerprint density at radius 3 is 2.50 bits per heavy atom. The zero-order valence-electron chi connectivity index (χ0n) is 19.8. The maximum Gasteiger partial charge on any atom is 0.322 e. The summed E-state index contributed by atoms with van der Waals surface area (Å²) in [6.07, 6.45) is 3.78. The Morgan fingerprint density at radius 2 is 1.78 bits per heavy atom. The van der Waals surface area contributed by atoms with Crippen LogP contribution in [0.4, 0.5) is 0 Å². The lowest BCUT2D eigenvalue weighted by Gasteiger charge is -2.17. The van der Waals surface area contributed by atoms with Crippen LogP contribution in [0.2, 0.25) is 0 Å². The fraction of sp³-hybridized carbons (Fsp3) is 0.185. The third kappa shape index (κ3) is 4.62. The van der Waals surface area contributed by atoms with E-state index in [1.807, 2.05) is 47.3 Å². The third-order valence-electron chi connectivity index (χ3n) is 6.12. The van der Waals surface area contributed by atoms with Gasteiger partial charge in [-0.05, 0) is 47.4 Å². The Morgan fingerprint density at radius 1 is 1.00 bits per heavy atom. The minimum absolute atomic E-state index is 0.0177. The summed E-state index contributed by atoms with van der Waals surface area (Å²) in [7, 11) is -4.05. The van der Waals surface area contributed by atoms with Crippen molar-refractivity contribution in [2.75, 3.05) is 0 Å². The summed E-state index contributed by atoms with van der Waals surface area (Å²) in [5, 5.41) is 15.2. The Hall–Kier alpha value is -3.95. The van der Waals surface area contributed by atoms with Gasteiger partial charge < -0.3 is 9.52 Å². The van der Waals surface area contributed by atoms with Gasteiger partial charge in [0, 0.05) is 22.5 Å². The largest absolute Gasteiger partial charge is 0.480 e. The zero-order chi connectivity index (χ0) is 25.4. The number of carboxylic acid groups (broad SMARTS) is 1. The molecule has 8 nitrogen and oxygen atoms in total. The van der Waals surface area contributed by atoms with Gasteiger partial charge in [0.2, 0.25) is 10.0 Å². The number of sulfonamides is 1. The standard InChI is InChI=1S/C27H25N3O5S/c1-17(2)26(27(31)32)29-36(33,34)21-9-11-24-23(13-21)22-10-8-19(12-25(22)35-24)20-14-28-30(16-20)15-18-6-4-3-5-7-18/h3-14,16-17,26,29H,15H2,1-2H3,(H,31,32)/t26-/m1/s1. The van der Waals surface area contributed by atoms with Crippen LogP contribution < -0.4 is 4.72 Å². The number of hydrogen-bond acceptors (Lipinski definition) is 5. The summed E-state index contributed by atoms with van der Waals surface area (Å²) in [5.41, 5.74) is 4.18. The highest BCUT2D eigenvalue weighted by Crippen LogP contribution is 2.33. The van der Waals surface area contributed by atoms with E-state index in [9.17, 15) is 18.3 Å². The average molecular weight is 504 g/mol. The van der Waals surface area contributed by atoms with E-state index >= 15 is 0 Å². The summed E-state index contributed by atoms with van der Waals surface area (Å²) in [5.74, 6) is -1.63. The lowest BCUT2D eigenvalue weighted by atomic mass is 10.1. The number of furan rings is 1. The monoisotopic (exact) mass is 503 g/mol. The first-order valence-electron chi connectivity index (χ1n) is 11.5. The molecule has 5 rings (SSSR count). The predicted molar refractivity (Wildman–Crippen MR) is 137 cm³/mol. The zero-order valence-corrected chi connectivity index (χ0v) is 20.6. The van der Waals surface area contributed by atoms with Gasteiger partial charge in [-0.15, -0.1) is 0 Å². The molecule has 184 valence electrons. The maximum absolute atomic E-state index is 12.9. The van der Waals surface area contributed by atoms with Gasteiger partial charge >= 0.3 is 5.97 Å². The van der Waals surface area contributed by atoms with Crippen LogP contribution in [-0.4, -0.2) is 35.3 Å². The predicted octanol–water partition coefficient (Wildman–Crippen LogP) is 4.89. The summed E-state index contributed by atoms with van der Waals surface area (Å²) in [6, 6.07) is 19.1. The molecule has 2 N–H and O–H groups in total. The lowest BCUT2D eigenvalue weighted by molar-refractivity contribution is -0.140. The van der Waals surface area contributed by atoms with Crippen LogP contribution >= 0.6 is 0 Å². The van der Waals surface area contributed by atoms with E-state index < -0.39 is 28.0 Å². The fourth-order valence-electron chi connectivity index (χ4n) is 4.18. The number of rotatable bonds is 8. The van der Waals surface area contributed by atoms with E-state index in [4.69, 9.17) is 4.42 Å². The van der Waals surface area contributed by atoms with Crippen LogP contribution in [0.15, 0.2) is 88.4 Å². The topological polar surface area (TPSA) is 114 Å². The van der Waals surface area contributed by atoms with E-state index in [1.54, 1.807) is 26.1 Å². The average Bonchev–Trinajstić information content (AvgIpc) is 3.46. The molecule has 3 aromatic carbocycles. The number of fused-ring (bicyclic) bond motifs is 3. The third-order valence-corrected chi connectivity index (χ3v) is 7.56. The molecule has 0 bridgehead atoms. The number of nitrogens with one attached hydrogen (secondary N) is 1. The van der Waals surface area contributed by atoms with Crippen molar-refractivity contribution in [1.29, 1.82) is 0 Å². The van der Waals surface area contributed by atoms with Crippen LogP contribution in [0, 0.1) is 5.92 Å². The molecule has 0 radical (unpaired) electrons. The van der Waals surface area contributed by atoms with Crippen LogP contribution in [0.1, 0.15) is 19.4 Å². The van der Waals surface area contributed by atoms with Crippen LogP contribution in [0.5, 0.6) is 0 Å². The minimum Gasteiger partial charge on any atom is -0.480 e. The van der Waals surface area contributed by atoms with Crippen molar-refractivity contribution in [1.82, 2.24) is 14.5 Å². The maximum atomic E-state index is 12.9. The van der Waals surface area contributed by atoms with Gasteiger partial charge in [-0.2, -0.15) is 9.82 Å². The molecule has 0 aliphatic heterocycles. The van der Waals surface area contributed by atoms with E-state index in [0.29, 0.717) is 23.1 Å². The molecule has 2 aromatic heterocycles. The van der Waals surface area contributed by atoms with Crippen molar-refractivity contribution < 1.29 is 22.7 Å². The van der Waals surface area contributed by atoms with E-state index in [1.165, 1.54) is 12.1 Å². The first-order valence-corrected chi connectivity index (χ1v) is 13.0. The summed E-state index contributed by atoms with van der Waals surface area (Å²) in [4.78, 5) is 11.5. The number of benzene rings is 3. The molecular formula is C27H25N3O5S. The van der Waals surface area contributed by atoms with E-state index in [0.717, 1.165) is 22.1 Å². The second kappa shape index (κ2) is 9.25. The van der Waals surface area contributed by atoms with Gasteiger partial charge in [-0.3, -0.25) is 9.48 Å². The minimum atomic E-state index is -4.05. The number of aromatic nitrogens is 2. The number of hydrogen-bond donors (Lipinski definition) is 2. The highest BCUT2D eigenvalue weighted by atomic mass is 32.2. The first-order chi connectivity index (χ1) is 17.2. The molecule has 0 unspecified atom stereocenters. The molecular weight excluding hydrogens is 478 g/mol. The molecule has 36 heavy (non-hydrogen) atoms. The first kappa shape index (κ1) is 23.8. The highest BCUT2D eigenvalue weighted by molar-refractivity contribution is 7.89. The van der Waals surface area contributed by atoms with Gasteiger partial charge in [-0.1, -0.05) is 50.2 Å². The van der Waals surface area contributed by atoms with Gasteiger partial charge in [0.25, 0.3) is 0 Å². The Kier molecular flexibility index (Phi) is 6.11. The SMILES string of the molecule is CC(C)[C@@H](NS(=O)(=O)c1ccc2oc3cc(-c4cnn(Cc5ccccc5)c4)ccc3c2c1)C(=O)O. The van der Waals surface area contributed by atoms with Gasteiger partial charge in [0.15, 0.2) is 0 Å². The van der Waals surface area contributed by atoms with Crippen molar-refractivity contribution in [3.05, 3.63) is 84.7 Å². The van der Waals surface area contributed by atoms with Gasteiger partial charge in [0.1, 0.15) is 17.2 Å². The Bertz CT molecular complexity index is 1670. The fourth-order valence-corrected chi connectivity index (χ4v) is 5.54. The number of aliphatic carboxylic acids is 1. The van der Waals surface area contributed by atoms with Crippen LogP contribution in [0.25, 0.3) is 33.1 Å². The lowest BCUT2D eigenvalue weighted by Crippen LogP contribution is -2.44. The second-order valence-corrected chi connectivity index (χ2v) is 10.8. The number of carbonyl (C=O) groups is 1. The van der Waals surface area contributed by atoms with Crippen molar-refractivity contribution in [3.8, 4) is 11.1 Å². The highest BCUT2D eigenvalue weighted by Gasteiger charge is 2.28. The van der Waals surface area contributed by atoms with Crippen molar-refractivity contribution >= 4 is 37.9 Å². The van der Waals surface area contributed by atoms with Crippen molar-refractivity contribution in [2.24, 2.45) is 5.92 Å². The van der Waals surface area contributed by atoms with E-state index in [-0.39, 0.29) is 4.90 Å². The molecule has 1 atom stereocenters. The molecule has 0 saturated heterocycles. The molecule has 5 aromatic rings. The second-order valence-electron chi connectivity index (χ2n) is 9.06. The quantitative estimate of drug-likeness (QED) is 0.312. The van der Waals surface area contributed by atoms with Gasteiger partial charge in [0.05, 0.1) is 17.6 Å². The molecule has 0 aliphatic rings. The Balaban J connectivity index is 1.46. The Labute approximate surface area is 208 Å². The molecule has 0 aliphatic carbocycles. The summed E-state index contributed by atoms with van der Waals surface area (Å²) < 4.78 is 36.0. The molecule has 2 heterocycles. The number of nitrogens with zero attached hydrogens (tertiary/aromatic N) is 2. The molecule has 0 fully saturated rings. The molecule has 0 amide bonds. The summed E-state index contributed by atoms with van der Waals surface area (Å²) >= 11 is 0. The van der Waals surface area contributed by atoms with Crippen molar-refractivity contribution in [2.45, 2.75) is 31.3 Å².